The van der Waals surface area contributed by atoms with Crippen LogP contribution in [0.15, 0.2) is 24.3 Å². The minimum absolute atomic E-state index is 0.377. The van der Waals surface area contributed by atoms with Gasteiger partial charge in [0, 0.05) is 18.0 Å². The maximum atomic E-state index is 5.65. The number of ether oxygens (including phenoxy) is 4. The molecule has 0 atom stereocenters. The lowest BCUT2D eigenvalue weighted by atomic mass is 10.2. The van der Waals surface area contributed by atoms with Crippen LogP contribution in [0.2, 0.25) is 0 Å². The highest BCUT2D eigenvalue weighted by atomic mass is 16.6. The van der Waals surface area contributed by atoms with Gasteiger partial charge in [-0.05, 0) is 37.2 Å². The Kier molecular flexibility index (Phi) is 14.4. The van der Waals surface area contributed by atoms with Gasteiger partial charge in [0.05, 0.1) is 39.6 Å². The van der Waals surface area contributed by atoms with Crippen LogP contribution in [0, 0.1) is 17.8 Å². The van der Waals surface area contributed by atoms with Crippen LogP contribution in [-0.4, -0.2) is 59.3 Å². The van der Waals surface area contributed by atoms with Crippen LogP contribution in [0.3, 0.4) is 0 Å². The smallest absolute Gasteiger partial charge is 0.119 e. The molecule has 0 bridgehead atoms. The fraction of sp³-hybridized carbons (Fsp3) is 0.636. The summed E-state index contributed by atoms with van der Waals surface area (Å²) >= 11 is 0. The molecule has 0 aliphatic heterocycles. The lowest BCUT2D eigenvalue weighted by molar-refractivity contribution is 0.00987. The molecule has 5 nitrogen and oxygen atoms in total. The summed E-state index contributed by atoms with van der Waals surface area (Å²) in [6.07, 6.45) is 1.15. The van der Waals surface area contributed by atoms with Gasteiger partial charge >= 0.3 is 0 Å². The fourth-order valence-electron chi connectivity index (χ4n) is 2.07. The van der Waals surface area contributed by atoms with Crippen molar-refractivity contribution in [3.63, 3.8) is 0 Å². The molecule has 0 aliphatic rings. The topological polar surface area (TPSA) is 49.0 Å². The largest absolute Gasteiger partial charge is 0.491 e. The summed E-state index contributed by atoms with van der Waals surface area (Å²) in [4.78, 5) is 0. The van der Waals surface area contributed by atoms with Crippen LogP contribution in [0.5, 0.6) is 5.75 Å². The quantitative estimate of drug-likeness (QED) is 0.376. The van der Waals surface area contributed by atoms with Crippen molar-refractivity contribution in [1.29, 1.82) is 0 Å². The maximum absolute atomic E-state index is 5.65. The predicted octanol–water partition coefficient (Wildman–Crippen LogP) is 3.12. The van der Waals surface area contributed by atoms with Gasteiger partial charge in [0.25, 0.3) is 0 Å². The molecule has 0 aliphatic carbocycles. The molecule has 0 amide bonds. The highest BCUT2D eigenvalue weighted by Gasteiger charge is 1.96. The molecule has 0 heterocycles. The Hall–Kier alpha value is -1.58. The van der Waals surface area contributed by atoms with E-state index in [0.717, 1.165) is 37.4 Å². The molecule has 1 aromatic carbocycles. The first-order chi connectivity index (χ1) is 13.2. The van der Waals surface area contributed by atoms with E-state index in [-0.39, 0.29) is 0 Å². The summed E-state index contributed by atoms with van der Waals surface area (Å²) in [5.41, 5.74) is 1.01. The van der Waals surface area contributed by atoms with E-state index in [9.17, 15) is 0 Å². The normalized spacial score (nSPS) is 10.7. The molecule has 0 spiro atoms. The van der Waals surface area contributed by atoms with Gasteiger partial charge < -0.3 is 24.3 Å². The Balaban J connectivity index is 1.91. The first kappa shape index (κ1) is 23.5. The highest BCUT2D eigenvalue weighted by molar-refractivity contribution is 5.38. The van der Waals surface area contributed by atoms with Crippen molar-refractivity contribution in [2.75, 3.05) is 59.3 Å². The van der Waals surface area contributed by atoms with Crippen molar-refractivity contribution < 1.29 is 18.9 Å². The predicted molar refractivity (Wildman–Crippen MR) is 109 cm³/mol. The molecule has 27 heavy (non-hydrogen) atoms. The Morgan fingerprint density at radius 3 is 2.00 bits per heavy atom. The van der Waals surface area contributed by atoms with Crippen LogP contribution in [0.1, 0.15) is 32.8 Å². The van der Waals surface area contributed by atoms with Crippen molar-refractivity contribution >= 4 is 0 Å². The highest BCUT2D eigenvalue weighted by Crippen LogP contribution is 2.11. The number of hydrogen-bond donors (Lipinski definition) is 1. The molecule has 1 N–H and O–H groups in total. The van der Waals surface area contributed by atoms with Crippen LogP contribution in [0.25, 0.3) is 0 Å². The molecule has 0 saturated carbocycles. The number of nitrogens with one attached hydrogen (secondary N) is 1. The van der Waals surface area contributed by atoms with Gasteiger partial charge in [-0.1, -0.05) is 32.6 Å². The average molecular weight is 378 g/mol. The Labute approximate surface area is 164 Å². The van der Waals surface area contributed by atoms with Crippen molar-refractivity contribution in [1.82, 2.24) is 5.32 Å². The summed E-state index contributed by atoms with van der Waals surface area (Å²) < 4.78 is 22.0. The van der Waals surface area contributed by atoms with Crippen molar-refractivity contribution in [3.05, 3.63) is 29.8 Å². The monoisotopic (exact) mass is 377 g/mol. The van der Waals surface area contributed by atoms with E-state index in [2.05, 4.69) is 37.9 Å². The SMILES string of the molecule is CCCNCCOCCOCCOCCOc1ccc(C#CC(C)C)cc1. The van der Waals surface area contributed by atoms with Crippen molar-refractivity contribution in [3.8, 4) is 17.6 Å². The maximum Gasteiger partial charge on any atom is 0.119 e. The van der Waals surface area contributed by atoms with Gasteiger partial charge in [-0.25, -0.2) is 0 Å². The van der Waals surface area contributed by atoms with Crippen LogP contribution >= 0.6 is 0 Å². The van der Waals surface area contributed by atoms with Gasteiger partial charge in [-0.2, -0.15) is 0 Å². The van der Waals surface area contributed by atoms with Gasteiger partial charge in [0.15, 0.2) is 0 Å². The minimum Gasteiger partial charge on any atom is -0.491 e. The molecule has 0 saturated heterocycles. The molecule has 1 aromatic rings. The molecule has 0 radical (unpaired) electrons. The zero-order valence-electron chi connectivity index (χ0n) is 17.1. The Morgan fingerprint density at radius 2 is 1.41 bits per heavy atom. The summed E-state index contributed by atoms with van der Waals surface area (Å²) in [7, 11) is 0. The van der Waals surface area contributed by atoms with Crippen molar-refractivity contribution in [2.45, 2.75) is 27.2 Å². The molecule has 0 aromatic heterocycles. The van der Waals surface area contributed by atoms with Crippen LogP contribution in [-0.2, 0) is 14.2 Å². The third kappa shape index (κ3) is 14.2. The average Bonchev–Trinajstić information content (AvgIpc) is 2.67. The van der Waals surface area contributed by atoms with E-state index in [1.54, 1.807) is 0 Å². The number of hydrogen-bond acceptors (Lipinski definition) is 5. The second-order valence-electron chi connectivity index (χ2n) is 6.38. The van der Waals surface area contributed by atoms with Crippen LogP contribution < -0.4 is 10.1 Å². The van der Waals surface area contributed by atoms with Crippen molar-refractivity contribution in [2.24, 2.45) is 5.92 Å². The van der Waals surface area contributed by atoms with E-state index in [1.807, 2.05) is 24.3 Å². The standard InChI is InChI=1S/C22H35NO4/c1-4-11-23-12-13-24-14-15-25-16-17-26-18-19-27-22-9-7-21(8-10-22)6-5-20(2)3/h7-10,20,23H,4,11-19H2,1-3H3. The van der Waals surface area contributed by atoms with Gasteiger partial charge in [-0.15, -0.1) is 0 Å². The summed E-state index contributed by atoms with van der Waals surface area (Å²) in [5.74, 6) is 7.49. The van der Waals surface area contributed by atoms with Crippen LogP contribution in [0.4, 0.5) is 0 Å². The van der Waals surface area contributed by atoms with E-state index < -0.39 is 0 Å². The van der Waals surface area contributed by atoms with Gasteiger partial charge in [0.1, 0.15) is 12.4 Å². The van der Waals surface area contributed by atoms with E-state index in [4.69, 9.17) is 18.9 Å². The molecular formula is C22H35NO4. The first-order valence-corrected chi connectivity index (χ1v) is 9.90. The zero-order chi connectivity index (χ0) is 19.6. The third-order valence-corrected chi connectivity index (χ3v) is 3.45. The molecular weight excluding hydrogens is 342 g/mol. The van der Waals surface area contributed by atoms with Gasteiger partial charge in [0.2, 0.25) is 0 Å². The van der Waals surface area contributed by atoms with E-state index >= 15 is 0 Å². The summed E-state index contributed by atoms with van der Waals surface area (Å²) in [6.45, 7) is 12.4. The lowest BCUT2D eigenvalue weighted by Crippen LogP contribution is -2.21. The molecule has 5 heteroatoms. The first-order valence-electron chi connectivity index (χ1n) is 9.90. The van der Waals surface area contributed by atoms with Gasteiger partial charge in [-0.3, -0.25) is 0 Å². The summed E-state index contributed by atoms with van der Waals surface area (Å²) in [5, 5.41) is 3.29. The Morgan fingerprint density at radius 1 is 0.815 bits per heavy atom. The number of rotatable bonds is 15. The second kappa shape index (κ2) is 16.6. The van der Waals surface area contributed by atoms with E-state index in [1.165, 1.54) is 0 Å². The Bertz CT molecular complexity index is 519. The second-order valence-corrected chi connectivity index (χ2v) is 6.38. The minimum atomic E-state index is 0.377. The fourth-order valence-corrected chi connectivity index (χ4v) is 2.07. The molecule has 0 unspecified atom stereocenters. The third-order valence-electron chi connectivity index (χ3n) is 3.45. The molecule has 152 valence electrons. The lowest BCUT2D eigenvalue weighted by Gasteiger charge is -2.08. The summed E-state index contributed by atoms with van der Waals surface area (Å²) in [6, 6.07) is 7.82. The molecule has 0 fully saturated rings. The zero-order valence-corrected chi connectivity index (χ0v) is 17.1. The van der Waals surface area contributed by atoms with E-state index in [0.29, 0.717) is 45.6 Å². The number of benzene rings is 1. The molecule has 1 rings (SSSR count).